The lowest BCUT2D eigenvalue weighted by Crippen LogP contribution is -2.39. The summed E-state index contributed by atoms with van der Waals surface area (Å²) in [6.07, 6.45) is 1.86. The number of nitrogens with zero attached hydrogens (tertiary/aromatic N) is 4. The van der Waals surface area contributed by atoms with Crippen molar-refractivity contribution in [1.82, 2.24) is 15.2 Å². The van der Waals surface area contributed by atoms with Crippen molar-refractivity contribution >= 4 is 23.8 Å². The van der Waals surface area contributed by atoms with Crippen LogP contribution in [0.2, 0.25) is 0 Å². The van der Waals surface area contributed by atoms with Crippen molar-refractivity contribution in [1.29, 1.82) is 5.26 Å². The summed E-state index contributed by atoms with van der Waals surface area (Å²) in [5.74, 6) is -0.539. The Kier molecular flexibility index (Phi) is 6.40. The van der Waals surface area contributed by atoms with Crippen LogP contribution in [0.15, 0.2) is 36.5 Å². The number of fused-ring (bicyclic) bond motifs is 1. The number of carbonyl (C=O) groups excluding carboxylic acids is 3. The van der Waals surface area contributed by atoms with Crippen LogP contribution in [0.25, 0.3) is 11.1 Å². The third-order valence-electron chi connectivity index (χ3n) is 8.31. The third kappa shape index (κ3) is 4.96. The van der Waals surface area contributed by atoms with Gasteiger partial charge in [0.1, 0.15) is 22.9 Å². The van der Waals surface area contributed by atoms with Gasteiger partial charge >= 0.3 is 12.2 Å². The van der Waals surface area contributed by atoms with Gasteiger partial charge in [0.15, 0.2) is 0 Å². The maximum atomic E-state index is 15.2. The Bertz CT molecular complexity index is 1430. The van der Waals surface area contributed by atoms with Crippen molar-refractivity contribution in [2.45, 2.75) is 50.7 Å². The van der Waals surface area contributed by atoms with Gasteiger partial charge in [-0.1, -0.05) is 6.07 Å². The average Bonchev–Trinajstić information content (AvgIpc) is 3.79. The van der Waals surface area contributed by atoms with Crippen molar-refractivity contribution in [3.05, 3.63) is 48.0 Å². The molecule has 1 aromatic carbocycles. The van der Waals surface area contributed by atoms with Crippen LogP contribution in [0.1, 0.15) is 39.3 Å². The number of aromatic nitrogens is 1. The Balaban J connectivity index is 1.10. The number of hydrogen-bond acceptors (Lipinski definition) is 7. The van der Waals surface area contributed by atoms with E-state index in [2.05, 4.69) is 16.4 Å². The van der Waals surface area contributed by atoms with Gasteiger partial charge in [-0.25, -0.2) is 14.0 Å². The van der Waals surface area contributed by atoms with Crippen LogP contribution in [0.3, 0.4) is 0 Å². The first kappa shape index (κ1) is 27.0. The molecule has 2 aromatic rings. The van der Waals surface area contributed by atoms with E-state index >= 15 is 4.39 Å². The van der Waals surface area contributed by atoms with Gasteiger partial charge in [-0.05, 0) is 57.9 Å². The Morgan fingerprint density at radius 1 is 1.20 bits per heavy atom. The van der Waals surface area contributed by atoms with Gasteiger partial charge in [-0.2, -0.15) is 5.26 Å². The molecule has 6 rings (SSSR count). The zero-order chi connectivity index (χ0) is 29.1. The summed E-state index contributed by atoms with van der Waals surface area (Å²) < 4.78 is 26.1. The Hall–Kier alpha value is -4.20. The normalized spacial score (nSPS) is 26.7. The minimum atomic E-state index is -0.774. The number of benzene rings is 1. The van der Waals surface area contributed by atoms with Gasteiger partial charge in [-0.15, -0.1) is 0 Å². The number of carbonyl (C=O) groups is 3. The van der Waals surface area contributed by atoms with Gasteiger partial charge in [0.05, 0.1) is 30.5 Å². The molecule has 2 saturated carbocycles. The van der Waals surface area contributed by atoms with Gasteiger partial charge < -0.3 is 19.7 Å². The molecule has 4 aliphatic rings. The summed E-state index contributed by atoms with van der Waals surface area (Å²) in [6, 6.07) is 10.4. The molecule has 11 heteroatoms. The standard InChI is InChI=1S/C30H32FN5O5/c1-29(2,3)41-27(38)35-14-22-23(15-35)30(22,16-32)25-9-6-18(11-33-25)21-8-7-19(10-24(21)31)36-13-20(40-28(36)39)12-34-26(37)17-4-5-17/h6-11,17,20,22-23H,4-5,12-15H2,1-3H3,(H,34,37)/t20-,22?,23?,30?/m0/s1. The van der Waals surface area contributed by atoms with Gasteiger partial charge in [-0.3, -0.25) is 14.7 Å². The lowest BCUT2D eigenvalue weighted by atomic mass is 9.95. The number of rotatable bonds is 6. The fourth-order valence-electron chi connectivity index (χ4n) is 5.96. The quantitative estimate of drug-likeness (QED) is 0.565. The van der Waals surface area contributed by atoms with E-state index in [1.165, 1.54) is 11.0 Å². The van der Waals surface area contributed by atoms with Crippen LogP contribution in [0.4, 0.5) is 19.7 Å². The monoisotopic (exact) mass is 561 g/mol. The molecule has 0 radical (unpaired) electrons. The highest BCUT2D eigenvalue weighted by Gasteiger charge is 2.71. The zero-order valence-electron chi connectivity index (χ0n) is 23.2. The van der Waals surface area contributed by atoms with Gasteiger partial charge in [0.25, 0.3) is 0 Å². The molecule has 4 fully saturated rings. The van der Waals surface area contributed by atoms with E-state index < -0.39 is 29.0 Å². The number of nitriles is 1. The van der Waals surface area contributed by atoms with Crippen LogP contribution in [-0.4, -0.2) is 65.9 Å². The largest absolute Gasteiger partial charge is 0.444 e. The highest BCUT2D eigenvalue weighted by atomic mass is 19.1. The number of amides is 3. The Morgan fingerprint density at radius 2 is 1.93 bits per heavy atom. The lowest BCUT2D eigenvalue weighted by molar-refractivity contribution is -0.122. The van der Waals surface area contributed by atoms with E-state index in [4.69, 9.17) is 9.47 Å². The number of piperidine rings is 1. The highest BCUT2D eigenvalue weighted by molar-refractivity contribution is 5.90. The number of halogens is 1. The summed E-state index contributed by atoms with van der Waals surface area (Å²) in [7, 11) is 0. The first-order valence-electron chi connectivity index (χ1n) is 13.9. The summed E-state index contributed by atoms with van der Waals surface area (Å²) in [5.41, 5.74) is 0.461. The Labute approximate surface area is 237 Å². The van der Waals surface area contributed by atoms with E-state index in [0.29, 0.717) is 35.6 Å². The number of likely N-dealkylation sites (tertiary alicyclic amines) is 1. The molecule has 2 unspecified atom stereocenters. The molecule has 1 N–H and O–H groups in total. The van der Waals surface area contributed by atoms with Crippen molar-refractivity contribution < 1.29 is 28.2 Å². The molecule has 2 saturated heterocycles. The first-order chi connectivity index (χ1) is 19.5. The second-order valence-electron chi connectivity index (χ2n) is 12.3. The van der Waals surface area contributed by atoms with Crippen LogP contribution in [-0.2, 0) is 19.7 Å². The fourth-order valence-corrected chi connectivity index (χ4v) is 5.96. The minimum Gasteiger partial charge on any atom is -0.444 e. The molecule has 0 bridgehead atoms. The van der Waals surface area contributed by atoms with Crippen molar-refractivity contribution in [2.24, 2.45) is 17.8 Å². The molecule has 1 aromatic heterocycles. The summed E-state index contributed by atoms with van der Waals surface area (Å²) in [6.45, 7) is 6.75. The lowest BCUT2D eigenvalue weighted by Gasteiger charge is -2.27. The maximum Gasteiger partial charge on any atom is 0.414 e. The molecule has 0 spiro atoms. The molecule has 10 nitrogen and oxygen atoms in total. The second-order valence-corrected chi connectivity index (χ2v) is 12.3. The molecule has 2 aliphatic carbocycles. The number of anilines is 1. The number of ether oxygens (including phenoxy) is 2. The molecule has 3 heterocycles. The fraction of sp³-hybridized carbons (Fsp3) is 0.500. The molecule has 214 valence electrons. The van der Waals surface area contributed by atoms with E-state index in [9.17, 15) is 19.6 Å². The molecular formula is C30H32FN5O5. The topological polar surface area (TPSA) is 125 Å². The molecular weight excluding hydrogens is 529 g/mol. The zero-order valence-corrected chi connectivity index (χ0v) is 23.2. The van der Waals surface area contributed by atoms with E-state index in [0.717, 1.165) is 12.8 Å². The number of hydrogen-bond donors (Lipinski definition) is 1. The Morgan fingerprint density at radius 3 is 2.51 bits per heavy atom. The minimum absolute atomic E-state index is 0.0251. The molecule has 2 aliphatic heterocycles. The predicted octanol–water partition coefficient (Wildman–Crippen LogP) is 4.00. The molecule has 3 amide bonds. The van der Waals surface area contributed by atoms with Crippen molar-refractivity contribution in [2.75, 3.05) is 31.1 Å². The molecule has 3 atom stereocenters. The maximum absolute atomic E-state index is 15.2. The second kappa shape index (κ2) is 9.72. The van der Waals surface area contributed by atoms with E-state index in [1.807, 2.05) is 20.8 Å². The first-order valence-corrected chi connectivity index (χ1v) is 13.9. The van der Waals surface area contributed by atoms with Crippen LogP contribution >= 0.6 is 0 Å². The SMILES string of the molecule is CC(C)(C)OC(=O)N1CC2C(C1)C2(C#N)c1ccc(-c2ccc(N3C[C@H](CNC(=O)C4CC4)OC3=O)cc2F)cn1. The van der Waals surface area contributed by atoms with E-state index in [-0.39, 0.29) is 42.8 Å². The van der Waals surface area contributed by atoms with Crippen molar-refractivity contribution in [3.63, 3.8) is 0 Å². The van der Waals surface area contributed by atoms with Crippen LogP contribution < -0.4 is 10.2 Å². The smallest absolute Gasteiger partial charge is 0.414 e. The van der Waals surface area contributed by atoms with Crippen LogP contribution in [0.5, 0.6) is 0 Å². The van der Waals surface area contributed by atoms with Gasteiger partial charge in [0, 0.05) is 48.2 Å². The number of nitrogens with one attached hydrogen (secondary N) is 1. The van der Waals surface area contributed by atoms with Crippen molar-refractivity contribution in [3.8, 4) is 17.2 Å². The number of pyridine rings is 1. The third-order valence-corrected chi connectivity index (χ3v) is 8.31. The molecule has 41 heavy (non-hydrogen) atoms. The summed E-state index contributed by atoms with van der Waals surface area (Å²) in [5, 5.41) is 12.9. The van der Waals surface area contributed by atoms with Crippen LogP contribution in [0, 0.1) is 34.9 Å². The predicted molar refractivity (Wildman–Crippen MR) is 145 cm³/mol. The van der Waals surface area contributed by atoms with E-state index in [1.54, 1.807) is 35.4 Å². The summed E-state index contributed by atoms with van der Waals surface area (Å²) in [4.78, 5) is 44.3. The number of cyclic esters (lactones) is 1. The average molecular weight is 562 g/mol. The highest BCUT2D eigenvalue weighted by Crippen LogP contribution is 2.62. The summed E-state index contributed by atoms with van der Waals surface area (Å²) >= 11 is 0. The van der Waals surface area contributed by atoms with Gasteiger partial charge in [0.2, 0.25) is 5.91 Å².